The second-order valence-corrected chi connectivity index (χ2v) is 4.21. The molecule has 4 heteroatoms. The summed E-state index contributed by atoms with van der Waals surface area (Å²) in [5.41, 5.74) is 4.14. The van der Waals surface area contributed by atoms with Gasteiger partial charge in [-0.1, -0.05) is 11.6 Å². The van der Waals surface area contributed by atoms with Crippen LogP contribution in [0.15, 0.2) is 12.1 Å². The second-order valence-electron chi connectivity index (χ2n) is 3.80. The minimum atomic E-state index is 0.376. The zero-order valence-electron chi connectivity index (χ0n) is 8.59. The number of methoxy groups -OCH3 is 1. The van der Waals surface area contributed by atoms with E-state index in [1.807, 2.05) is 12.1 Å². The van der Waals surface area contributed by atoms with Crippen molar-refractivity contribution in [3.05, 3.63) is 28.3 Å². The SMILES string of the molecule is COc1cc(CNO)cc(Cl)c1C1CC1. The number of rotatable bonds is 4. The van der Waals surface area contributed by atoms with Crippen LogP contribution in [0.2, 0.25) is 5.02 Å². The zero-order valence-corrected chi connectivity index (χ0v) is 9.34. The van der Waals surface area contributed by atoms with E-state index in [2.05, 4.69) is 5.48 Å². The van der Waals surface area contributed by atoms with E-state index in [1.54, 1.807) is 7.11 Å². The van der Waals surface area contributed by atoms with Crippen molar-refractivity contribution in [2.75, 3.05) is 7.11 Å². The number of hydrogen-bond donors (Lipinski definition) is 2. The average molecular weight is 228 g/mol. The Balaban J connectivity index is 2.37. The van der Waals surface area contributed by atoms with Crippen LogP contribution in [-0.2, 0) is 6.54 Å². The first kappa shape index (κ1) is 10.7. The molecular weight excluding hydrogens is 214 g/mol. The Morgan fingerprint density at radius 1 is 1.53 bits per heavy atom. The molecule has 0 radical (unpaired) electrons. The van der Waals surface area contributed by atoms with Crippen molar-refractivity contribution in [3.8, 4) is 5.75 Å². The van der Waals surface area contributed by atoms with Crippen LogP contribution in [0.25, 0.3) is 0 Å². The molecule has 0 atom stereocenters. The Morgan fingerprint density at radius 2 is 2.27 bits per heavy atom. The van der Waals surface area contributed by atoms with Gasteiger partial charge in [-0.3, -0.25) is 0 Å². The molecule has 0 unspecified atom stereocenters. The monoisotopic (exact) mass is 227 g/mol. The van der Waals surface area contributed by atoms with Crippen LogP contribution in [-0.4, -0.2) is 12.3 Å². The third kappa shape index (κ3) is 2.25. The summed E-state index contributed by atoms with van der Waals surface area (Å²) >= 11 is 6.19. The second kappa shape index (κ2) is 4.39. The fourth-order valence-electron chi connectivity index (χ4n) is 1.78. The standard InChI is InChI=1S/C11H14ClNO2/c1-15-10-5-7(6-13-14)4-9(12)11(10)8-2-3-8/h4-5,8,13-14H,2-3,6H2,1H3. The predicted octanol–water partition coefficient (Wildman–Crippen LogP) is 2.70. The molecule has 0 aromatic heterocycles. The Kier molecular flexibility index (Phi) is 3.14. The lowest BCUT2D eigenvalue weighted by molar-refractivity contribution is 0.161. The molecule has 0 bridgehead atoms. The van der Waals surface area contributed by atoms with Crippen LogP contribution in [0.4, 0.5) is 0 Å². The molecule has 1 fully saturated rings. The summed E-state index contributed by atoms with van der Waals surface area (Å²) in [5.74, 6) is 1.39. The molecule has 1 aromatic rings. The van der Waals surface area contributed by atoms with Gasteiger partial charge in [0.05, 0.1) is 7.11 Å². The fourth-order valence-corrected chi connectivity index (χ4v) is 2.16. The van der Waals surface area contributed by atoms with Crippen molar-refractivity contribution in [2.45, 2.75) is 25.3 Å². The summed E-state index contributed by atoms with van der Waals surface area (Å²) < 4.78 is 5.32. The Bertz CT molecular complexity index is 364. The van der Waals surface area contributed by atoms with Gasteiger partial charge >= 0.3 is 0 Å². The molecule has 2 N–H and O–H groups in total. The van der Waals surface area contributed by atoms with Gasteiger partial charge in [0.1, 0.15) is 5.75 Å². The van der Waals surface area contributed by atoms with Crippen molar-refractivity contribution in [1.82, 2.24) is 5.48 Å². The van der Waals surface area contributed by atoms with Crippen molar-refractivity contribution in [1.29, 1.82) is 0 Å². The maximum absolute atomic E-state index is 8.63. The van der Waals surface area contributed by atoms with Gasteiger partial charge in [0.2, 0.25) is 0 Å². The van der Waals surface area contributed by atoms with E-state index in [4.69, 9.17) is 21.5 Å². The lowest BCUT2D eigenvalue weighted by Crippen LogP contribution is -2.06. The summed E-state index contributed by atoms with van der Waals surface area (Å²) in [7, 11) is 1.65. The quantitative estimate of drug-likeness (QED) is 0.778. The zero-order chi connectivity index (χ0) is 10.8. The smallest absolute Gasteiger partial charge is 0.124 e. The summed E-state index contributed by atoms with van der Waals surface area (Å²) in [6.45, 7) is 0.376. The number of hydrogen-bond acceptors (Lipinski definition) is 3. The van der Waals surface area contributed by atoms with Crippen LogP contribution < -0.4 is 10.2 Å². The van der Waals surface area contributed by atoms with Gasteiger partial charge in [-0.2, -0.15) is 0 Å². The minimum Gasteiger partial charge on any atom is -0.496 e. The van der Waals surface area contributed by atoms with E-state index in [0.29, 0.717) is 12.5 Å². The van der Waals surface area contributed by atoms with E-state index in [9.17, 15) is 0 Å². The Hall–Kier alpha value is -0.770. The number of halogens is 1. The summed E-state index contributed by atoms with van der Waals surface area (Å²) in [5, 5.41) is 9.37. The Morgan fingerprint density at radius 3 is 2.80 bits per heavy atom. The normalized spacial score (nSPS) is 15.4. The molecule has 1 saturated carbocycles. The van der Waals surface area contributed by atoms with Gasteiger partial charge in [0.15, 0.2) is 0 Å². The topological polar surface area (TPSA) is 41.5 Å². The number of nitrogens with one attached hydrogen (secondary N) is 1. The molecule has 0 aliphatic heterocycles. The molecule has 1 aliphatic carbocycles. The van der Waals surface area contributed by atoms with Crippen LogP contribution in [0.3, 0.4) is 0 Å². The molecule has 0 amide bonds. The molecular formula is C11H14ClNO2. The summed E-state index contributed by atoms with van der Waals surface area (Å²) in [4.78, 5) is 0. The van der Waals surface area contributed by atoms with E-state index in [-0.39, 0.29) is 0 Å². The Labute approximate surface area is 94.0 Å². The molecule has 82 valence electrons. The van der Waals surface area contributed by atoms with Crippen LogP contribution in [0, 0.1) is 0 Å². The first-order valence-electron chi connectivity index (χ1n) is 4.99. The molecule has 1 aliphatic rings. The van der Waals surface area contributed by atoms with Crippen molar-refractivity contribution in [3.63, 3.8) is 0 Å². The molecule has 3 nitrogen and oxygen atoms in total. The molecule has 1 aromatic carbocycles. The summed E-state index contributed by atoms with van der Waals surface area (Å²) in [6, 6.07) is 3.80. The van der Waals surface area contributed by atoms with Crippen molar-refractivity contribution >= 4 is 11.6 Å². The predicted molar refractivity (Wildman–Crippen MR) is 58.6 cm³/mol. The first-order valence-corrected chi connectivity index (χ1v) is 5.37. The van der Waals surface area contributed by atoms with Crippen molar-refractivity contribution < 1.29 is 9.94 Å². The maximum atomic E-state index is 8.63. The van der Waals surface area contributed by atoms with Crippen molar-refractivity contribution in [2.24, 2.45) is 0 Å². The fraction of sp³-hybridized carbons (Fsp3) is 0.455. The maximum Gasteiger partial charge on any atom is 0.124 e. The van der Waals surface area contributed by atoms with Crippen LogP contribution >= 0.6 is 11.6 Å². The van der Waals surface area contributed by atoms with E-state index in [0.717, 1.165) is 21.9 Å². The first-order chi connectivity index (χ1) is 7.26. The highest BCUT2D eigenvalue weighted by Gasteiger charge is 2.29. The molecule has 15 heavy (non-hydrogen) atoms. The molecule has 0 saturated heterocycles. The molecule has 0 heterocycles. The highest BCUT2D eigenvalue weighted by Crippen LogP contribution is 2.47. The highest BCUT2D eigenvalue weighted by molar-refractivity contribution is 6.31. The van der Waals surface area contributed by atoms with E-state index < -0.39 is 0 Å². The number of ether oxygens (including phenoxy) is 1. The molecule has 0 spiro atoms. The van der Waals surface area contributed by atoms with Gasteiger partial charge in [0, 0.05) is 17.1 Å². The van der Waals surface area contributed by atoms with Gasteiger partial charge in [0.25, 0.3) is 0 Å². The third-order valence-corrected chi connectivity index (χ3v) is 2.95. The van der Waals surface area contributed by atoms with Crippen LogP contribution in [0.5, 0.6) is 5.75 Å². The minimum absolute atomic E-state index is 0.376. The largest absolute Gasteiger partial charge is 0.496 e. The van der Waals surface area contributed by atoms with E-state index in [1.165, 1.54) is 12.8 Å². The lowest BCUT2D eigenvalue weighted by Gasteiger charge is -2.12. The highest BCUT2D eigenvalue weighted by atomic mass is 35.5. The molecule has 2 rings (SSSR count). The van der Waals surface area contributed by atoms with Crippen LogP contribution in [0.1, 0.15) is 29.9 Å². The number of hydroxylamine groups is 1. The average Bonchev–Trinajstić information content (AvgIpc) is 3.01. The summed E-state index contributed by atoms with van der Waals surface area (Å²) in [6.07, 6.45) is 2.38. The number of benzene rings is 1. The van der Waals surface area contributed by atoms with Gasteiger partial charge < -0.3 is 9.94 Å². The lowest BCUT2D eigenvalue weighted by atomic mass is 10.1. The van der Waals surface area contributed by atoms with Gasteiger partial charge in [-0.25, -0.2) is 5.48 Å². The van der Waals surface area contributed by atoms with E-state index >= 15 is 0 Å². The van der Waals surface area contributed by atoms with Gasteiger partial charge in [-0.15, -0.1) is 0 Å². The van der Waals surface area contributed by atoms with Gasteiger partial charge in [-0.05, 0) is 36.5 Å². The third-order valence-electron chi connectivity index (χ3n) is 2.64.